The van der Waals surface area contributed by atoms with E-state index in [1.165, 1.54) is 16.7 Å². The Hall–Kier alpha value is -1.85. The maximum atomic E-state index is 11.6. The van der Waals surface area contributed by atoms with Crippen LogP contribution in [0, 0.1) is 5.92 Å². The summed E-state index contributed by atoms with van der Waals surface area (Å²) in [5.74, 6) is 0.856. The van der Waals surface area contributed by atoms with Gasteiger partial charge in [0, 0.05) is 17.9 Å². The number of alkyl carbamates (subject to hydrolysis) is 1. The second-order valence-corrected chi connectivity index (χ2v) is 7.84. The van der Waals surface area contributed by atoms with Crippen LogP contribution in [0.2, 0.25) is 0 Å². The Kier molecular flexibility index (Phi) is 5.79. The molecule has 5 heteroatoms. The highest BCUT2D eigenvalue weighted by Gasteiger charge is 2.41. The largest absolute Gasteiger partial charge is 0.449 e. The van der Waals surface area contributed by atoms with Gasteiger partial charge in [-0.05, 0) is 48.8 Å². The molecule has 1 saturated carbocycles. The van der Waals surface area contributed by atoms with E-state index in [-0.39, 0.29) is 18.2 Å². The van der Waals surface area contributed by atoms with E-state index in [9.17, 15) is 4.79 Å². The van der Waals surface area contributed by atoms with Crippen molar-refractivity contribution < 1.29 is 19.0 Å². The molecule has 0 bridgehead atoms. The smallest absolute Gasteiger partial charge is 0.407 e. The molecule has 4 atom stereocenters. The molecular formula is C22H29NO4. The number of cyclic esters (lactones) is 1. The summed E-state index contributed by atoms with van der Waals surface area (Å²) < 4.78 is 16.5. The van der Waals surface area contributed by atoms with Crippen LogP contribution in [-0.4, -0.2) is 44.7 Å². The van der Waals surface area contributed by atoms with Gasteiger partial charge in [0.25, 0.3) is 0 Å². The molecule has 1 N–H and O–H groups in total. The van der Waals surface area contributed by atoms with Crippen LogP contribution in [0.25, 0.3) is 0 Å². The lowest BCUT2D eigenvalue weighted by molar-refractivity contribution is 0.00494. The number of nitrogens with one attached hydrogen (secondary N) is 1. The average molecular weight is 371 g/mol. The molecule has 2 unspecified atom stereocenters. The number of ether oxygens (including phenoxy) is 3. The van der Waals surface area contributed by atoms with Gasteiger partial charge in [0.1, 0.15) is 0 Å². The van der Waals surface area contributed by atoms with Crippen molar-refractivity contribution in [3.05, 3.63) is 47.5 Å². The highest BCUT2D eigenvalue weighted by Crippen LogP contribution is 2.41. The fourth-order valence-corrected chi connectivity index (χ4v) is 4.78. The molecule has 0 aromatic heterocycles. The summed E-state index contributed by atoms with van der Waals surface area (Å²) in [4.78, 5) is 11.6. The second kappa shape index (κ2) is 8.44. The maximum Gasteiger partial charge on any atom is 0.407 e. The summed E-state index contributed by atoms with van der Waals surface area (Å²) in [5, 5.41) is 3.05. The molecule has 1 saturated heterocycles. The maximum absolute atomic E-state index is 11.6. The molecule has 146 valence electrons. The van der Waals surface area contributed by atoms with Crippen molar-refractivity contribution in [1.82, 2.24) is 5.32 Å². The van der Waals surface area contributed by atoms with Gasteiger partial charge in [0.15, 0.2) is 0 Å². The molecule has 27 heavy (non-hydrogen) atoms. The Balaban J connectivity index is 1.36. The van der Waals surface area contributed by atoms with Gasteiger partial charge in [-0.2, -0.15) is 0 Å². The van der Waals surface area contributed by atoms with Crippen LogP contribution in [0.3, 0.4) is 0 Å². The zero-order valence-corrected chi connectivity index (χ0v) is 15.8. The molecule has 3 aliphatic rings. The molecule has 2 fully saturated rings. The minimum Gasteiger partial charge on any atom is -0.449 e. The number of benzene rings is 1. The number of aryl methyl sites for hydroxylation is 1. The Morgan fingerprint density at radius 3 is 3.04 bits per heavy atom. The van der Waals surface area contributed by atoms with Crippen LogP contribution in [0.1, 0.15) is 41.9 Å². The molecule has 0 radical (unpaired) electrons. The normalized spacial score (nSPS) is 29.4. The van der Waals surface area contributed by atoms with Gasteiger partial charge in [-0.3, -0.25) is 0 Å². The molecule has 1 amide bonds. The first-order chi connectivity index (χ1) is 13.2. The number of amides is 1. The zero-order valence-electron chi connectivity index (χ0n) is 15.8. The third-order valence-corrected chi connectivity index (χ3v) is 6.16. The van der Waals surface area contributed by atoms with Gasteiger partial charge >= 0.3 is 6.09 Å². The predicted molar refractivity (Wildman–Crippen MR) is 103 cm³/mol. The monoisotopic (exact) mass is 371 g/mol. The molecule has 1 aromatic rings. The van der Waals surface area contributed by atoms with E-state index >= 15 is 0 Å². The summed E-state index contributed by atoms with van der Waals surface area (Å²) >= 11 is 0. The molecular weight excluding hydrogens is 342 g/mol. The van der Waals surface area contributed by atoms with Gasteiger partial charge in [-0.25, -0.2) is 4.79 Å². The summed E-state index contributed by atoms with van der Waals surface area (Å²) in [6.07, 6.45) is 7.09. The SMILES string of the molecule is C=CCOCCOC1CCc2cc([C@H]3CC[C@@H]4COC(=O)NC43)ccc2C1. The lowest BCUT2D eigenvalue weighted by Crippen LogP contribution is -2.47. The van der Waals surface area contributed by atoms with E-state index in [4.69, 9.17) is 14.2 Å². The molecule has 4 rings (SSSR count). The van der Waals surface area contributed by atoms with Gasteiger partial charge in [-0.1, -0.05) is 24.3 Å². The summed E-state index contributed by atoms with van der Waals surface area (Å²) in [5.41, 5.74) is 4.20. The van der Waals surface area contributed by atoms with E-state index in [1.807, 2.05) is 0 Å². The van der Waals surface area contributed by atoms with Crippen molar-refractivity contribution in [2.24, 2.45) is 5.92 Å². The van der Waals surface area contributed by atoms with Gasteiger partial charge in [0.2, 0.25) is 0 Å². The number of carbonyl (C=O) groups is 1. The Labute approximate surface area is 161 Å². The van der Waals surface area contributed by atoms with Crippen molar-refractivity contribution in [2.45, 2.75) is 50.2 Å². The standard InChI is InChI=1S/C22H29NO4/c1-2-9-25-10-11-26-19-7-5-15-12-17(4-3-16(15)13-19)20-8-6-18-14-27-22(24)23-21(18)20/h2-4,12,18-21H,1,5-11,13-14H2,(H,23,24)/t18-,19?,20-,21?/m1/s1. The first-order valence-corrected chi connectivity index (χ1v) is 10.1. The Morgan fingerprint density at radius 1 is 1.22 bits per heavy atom. The highest BCUT2D eigenvalue weighted by molar-refractivity contribution is 5.68. The second-order valence-electron chi connectivity index (χ2n) is 7.84. The summed E-state index contributed by atoms with van der Waals surface area (Å²) in [6.45, 7) is 6.04. The minimum atomic E-state index is -0.266. The Bertz CT molecular complexity index is 689. The number of hydrogen-bond donors (Lipinski definition) is 1. The third-order valence-electron chi connectivity index (χ3n) is 6.16. The van der Waals surface area contributed by atoms with Crippen LogP contribution < -0.4 is 5.32 Å². The number of hydrogen-bond acceptors (Lipinski definition) is 4. The number of fused-ring (bicyclic) bond motifs is 2. The van der Waals surface area contributed by atoms with Crippen molar-refractivity contribution in [3.8, 4) is 0 Å². The molecule has 1 aliphatic heterocycles. The summed E-state index contributed by atoms with van der Waals surface area (Å²) in [7, 11) is 0. The Morgan fingerprint density at radius 2 is 2.15 bits per heavy atom. The van der Waals surface area contributed by atoms with E-state index in [1.54, 1.807) is 6.08 Å². The molecule has 1 heterocycles. The predicted octanol–water partition coefficient (Wildman–Crippen LogP) is 3.37. The van der Waals surface area contributed by atoms with Crippen LogP contribution in [0.15, 0.2) is 30.9 Å². The van der Waals surface area contributed by atoms with Crippen LogP contribution in [0.4, 0.5) is 4.79 Å². The molecule has 0 spiro atoms. The van der Waals surface area contributed by atoms with Crippen molar-refractivity contribution in [2.75, 3.05) is 26.4 Å². The number of rotatable bonds is 7. The quantitative estimate of drug-likeness (QED) is 0.590. The van der Waals surface area contributed by atoms with E-state index in [0.29, 0.717) is 38.3 Å². The van der Waals surface area contributed by atoms with Gasteiger partial charge in [0.05, 0.1) is 32.5 Å². The minimum absolute atomic E-state index is 0.222. The van der Waals surface area contributed by atoms with Crippen molar-refractivity contribution in [3.63, 3.8) is 0 Å². The molecule has 1 aromatic carbocycles. The summed E-state index contributed by atoms with van der Waals surface area (Å²) in [6, 6.07) is 7.11. The van der Waals surface area contributed by atoms with Gasteiger partial charge in [-0.15, -0.1) is 6.58 Å². The van der Waals surface area contributed by atoms with Crippen molar-refractivity contribution in [1.29, 1.82) is 0 Å². The van der Waals surface area contributed by atoms with E-state index in [2.05, 4.69) is 30.1 Å². The van der Waals surface area contributed by atoms with Crippen LogP contribution >= 0.6 is 0 Å². The fourth-order valence-electron chi connectivity index (χ4n) is 4.78. The van der Waals surface area contributed by atoms with E-state index < -0.39 is 0 Å². The zero-order chi connectivity index (χ0) is 18.6. The van der Waals surface area contributed by atoms with Gasteiger partial charge < -0.3 is 19.5 Å². The average Bonchev–Trinajstić information content (AvgIpc) is 3.10. The van der Waals surface area contributed by atoms with E-state index in [0.717, 1.165) is 32.1 Å². The van der Waals surface area contributed by atoms with Crippen molar-refractivity contribution >= 4 is 6.09 Å². The molecule has 2 aliphatic carbocycles. The van der Waals surface area contributed by atoms with Crippen LogP contribution in [-0.2, 0) is 27.1 Å². The first kappa shape index (κ1) is 18.5. The fraction of sp³-hybridized carbons (Fsp3) is 0.591. The first-order valence-electron chi connectivity index (χ1n) is 10.1. The number of carbonyl (C=O) groups excluding carboxylic acids is 1. The topological polar surface area (TPSA) is 56.8 Å². The lowest BCUT2D eigenvalue weighted by atomic mass is 9.84. The van der Waals surface area contributed by atoms with Crippen LogP contribution in [0.5, 0.6) is 0 Å². The third kappa shape index (κ3) is 4.19. The lowest BCUT2D eigenvalue weighted by Gasteiger charge is -2.31. The molecule has 5 nitrogen and oxygen atoms in total. The highest BCUT2D eigenvalue weighted by atomic mass is 16.6.